The van der Waals surface area contributed by atoms with E-state index in [1.165, 1.54) is 6.20 Å². The molecule has 0 saturated heterocycles. The molecule has 32 heavy (non-hydrogen) atoms. The highest BCUT2D eigenvalue weighted by atomic mass is 127. The highest BCUT2D eigenvalue weighted by Gasteiger charge is 2.15. The predicted octanol–water partition coefficient (Wildman–Crippen LogP) is 3.82. The number of nitrogens with zero attached hydrogens (tertiary/aromatic N) is 3. The highest BCUT2D eigenvalue weighted by Crippen LogP contribution is 2.33. The SMILES string of the molecule is CC(C)(C)OC(=O)NCCCCOCCNc1nc(/C(=C/N)SN)cc2c1cnn2PI. The van der Waals surface area contributed by atoms with E-state index in [4.69, 9.17) is 20.3 Å². The zero-order valence-electron chi connectivity index (χ0n) is 18.5. The van der Waals surface area contributed by atoms with Gasteiger partial charge >= 0.3 is 6.09 Å². The summed E-state index contributed by atoms with van der Waals surface area (Å²) in [5, 5.41) is 17.2. The summed E-state index contributed by atoms with van der Waals surface area (Å²) in [6.45, 7) is 7.81. The number of nitrogens with two attached hydrogens (primary N) is 2. The molecule has 2 heterocycles. The standard InChI is InChI=1S/C19H31IN7O3PS/c1-19(2,3)30-18(28)24-6-4-5-8-29-9-7-23-17-13-12-25-27(31-20)15(13)10-14(26-17)16(11-21)32-22/h10-12,31H,4-9,21-22H2,1-3H3,(H,23,26)(H,24,28)/b16-11-. The van der Waals surface area contributed by atoms with Crippen LogP contribution in [-0.2, 0) is 9.47 Å². The predicted molar refractivity (Wildman–Crippen MR) is 142 cm³/mol. The van der Waals surface area contributed by atoms with Crippen molar-refractivity contribution in [1.29, 1.82) is 0 Å². The summed E-state index contributed by atoms with van der Waals surface area (Å²) in [6, 6.07) is 1.94. The number of pyridine rings is 1. The Labute approximate surface area is 207 Å². The van der Waals surface area contributed by atoms with Crippen molar-refractivity contribution in [3.8, 4) is 0 Å². The van der Waals surface area contributed by atoms with Gasteiger partial charge in [0.05, 0.1) is 40.7 Å². The normalized spacial score (nSPS) is 12.6. The molecule has 2 aromatic heterocycles. The minimum Gasteiger partial charge on any atom is -0.444 e. The summed E-state index contributed by atoms with van der Waals surface area (Å²) in [5.74, 6) is 0.719. The molecular weight excluding hydrogens is 564 g/mol. The summed E-state index contributed by atoms with van der Waals surface area (Å²) in [4.78, 5) is 16.9. The van der Waals surface area contributed by atoms with Crippen molar-refractivity contribution < 1.29 is 14.3 Å². The van der Waals surface area contributed by atoms with Crippen LogP contribution >= 0.6 is 40.4 Å². The quantitative estimate of drug-likeness (QED) is 0.125. The lowest BCUT2D eigenvalue weighted by atomic mass is 10.2. The summed E-state index contributed by atoms with van der Waals surface area (Å²) in [7, 11) is 0. The lowest BCUT2D eigenvalue weighted by Crippen LogP contribution is -2.33. The van der Waals surface area contributed by atoms with Crippen molar-refractivity contribution in [3.05, 3.63) is 24.2 Å². The number of aromatic nitrogens is 3. The first-order valence-electron chi connectivity index (χ1n) is 10.1. The number of unbranched alkanes of at least 4 members (excludes halogenated alkanes) is 1. The Hall–Kier alpha value is -1.34. The molecule has 1 atom stereocenters. The second-order valence-electron chi connectivity index (χ2n) is 7.75. The highest BCUT2D eigenvalue weighted by molar-refractivity contribution is 14.2. The number of anilines is 1. The zero-order valence-corrected chi connectivity index (χ0v) is 22.5. The van der Waals surface area contributed by atoms with Crippen molar-refractivity contribution in [2.75, 3.05) is 31.6 Å². The van der Waals surface area contributed by atoms with Crippen LogP contribution in [0, 0.1) is 0 Å². The Morgan fingerprint density at radius 3 is 2.78 bits per heavy atom. The number of hydrogen-bond acceptors (Lipinski definition) is 9. The first kappa shape index (κ1) is 26.9. The van der Waals surface area contributed by atoms with Gasteiger partial charge in [0, 0.05) is 25.9 Å². The zero-order chi connectivity index (χ0) is 23.6. The molecule has 1 amide bonds. The number of carbonyl (C=O) groups excluding carboxylic acids is 1. The average molecular weight is 595 g/mol. The van der Waals surface area contributed by atoms with E-state index >= 15 is 0 Å². The minimum absolute atomic E-state index is 0.393. The molecule has 0 fully saturated rings. The van der Waals surface area contributed by atoms with Gasteiger partial charge in [0.1, 0.15) is 11.4 Å². The molecule has 10 nitrogen and oxygen atoms in total. The first-order chi connectivity index (χ1) is 15.3. The van der Waals surface area contributed by atoms with Crippen molar-refractivity contribution in [2.45, 2.75) is 39.2 Å². The molecule has 0 aliphatic carbocycles. The number of alkyl carbamates (subject to hydrolysis) is 1. The van der Waals surface area contributed by atoms with Crippen LogP contribution in [0.25, 0.3) is 15.8 Å². The maximum absolute atomic E-state index is 11.6. The van der Waals surface area contributed by atoms with Crippen molar-refractivity contribution in [1.82, 2.24) is 19.9 Å². The molecule has 0 aliphatic heterocycles. The topological polar surface area (TPSA) is 142 Å². The molecule has 0 saturated carbocycles. The minimum atomic E-state index is -0.485. The molecule has 2 aromatic rings. The van der Waals surface area contributed by atoms with E-state index in [-0.39, 0.29) is 0 Å². The fourth-order valence-electron chi connectivity index (χ4n) is 2.71. The molecule has 13 heteroatoms. The van der Waals surface area contributed by atoms with Crippen LogP contribution in [0.1, 0.15) is 39.3 Å². The van der Waals surface area contributed by atoms with Crippen molar-refractivity contribution in [2.24, 2.45) is 10.9 Å². The van der Waals surface area contributed by atoms with Crippen LogP contribution in [0.5, 0.6) is 0 Å². The van der Waals surface area contributed by atoms with E-state index in [2.05, 4.69) is 42.8 Å². The summed E-state index contributed by atoms with van der Waals surface area (Å²) in [6.07, 6.45) is 4.99. The van der Waals surface area contributed by atoms with Gasteiger partial charge in [0.2, 0.25) is 0 Å². The van der Waals surface area contributed by atoms with Gasteiger partial charge in [-0.1, -0.05) is 0 Å². The fraction of sp³-hybridized carbons (Fsp3) is 0.526. The Balaban J connectivity index is 1.78. The van der Waals surface area contributed by atoms with Crippen LogP contribution in [0.2, 0.25) is 0 Å². The smallest absolute Gasteiger partial charge is 0.407 e. The van der Waals surface area contributed by atoms with Crippen molar-refractivity contribution in [3.63, 3.8) is 0 Å². The number of nitrogens with one attached hydrogen (secondary N) is 2. The lowest BCUT2D eigenvalue weighted by molar-refractivity contribution is 0.0524. The molecule has 0 radical (unpaired) electrons. The number of carbonyl (C=O) groups is 1. The Kier molecular flexibility index (Phi) is 11.3. The van der Waals surface area contributed by atoms with Gasteiger partial charge in [-0.2, -0.15) is 5.10 Å². The summed E-state index contributed by atoms with van der Waals surface area (Å²) >= 11 is 3.35. The Bertz CT molecular complexity index is 920. The van der Waals surface area contributed by atoms with Gasteiger partial charge in [0.25, 0.3) is 0 Å². The Morgan fingerprint density at radius 1 is 1.34 bits per heavy atom. The van der Waals surface area contributed by atoms with Gasteiger partial charge < -0.3 is 25.8 Å². The van der Waals surface area contributed by atoms with Gasteiger partial charge in [-0.15, -0.1) is 0 Å². The second kappa shape index (κ2) is 13.4. The molecular formula is C19H31IN7O3PS. The van der Waals surface area contributed by atoms with E-state index < -0.39 is 11.7 Å². The number of ether oxygens (including phenoxy) is 2. The average Bonchev–Trinajstić information content (AvgIpc) is 3.15. The fourth-order valence-corrected chi connectivity index (χ4v) is 4.55. The monoisotopic (exact) mass is 595 g/mol. The number of amides is 1. The molecule has 2 rings (SSSR count). The number of fused-ring (bicyclic) bond motifs is 1. The lowest BCUT2D eigenvalue weighted by Gasteiger charge is -2.19. The van der Waals surface area contributed by atoms with Crippen LogP contribution in [0.4, 0.5) is 10.6 Å². The third-order valence-electron chi connectivity index (χ3n) is 4.10. The third kappa shape index (κ3) is 8.54. The second-order valence-corrected chi connectivity index (χ2v) is 10.5. The molecule has 0 aliphatic rings. The van der Waals surface area contributed by atoms with E-state index in [1.54, 1.807) is 6.20 Å². The van der Waals surface area contributed by atoms with E-state index in [0.29, 0.717) is 43.3 Å². The number of hydrogen-bond donors (Lipinski definition) is 4. The van der Waals surface area contributed by atoms with Gasteiger partial charge in [-0.05, 0) is 73.7 Å². The molecule has 178 valence electrons. The molecule has 0 aromatic carbocycles. The van der Waals surface area contributed by atoms with Crippen LogP contribution in [-0.4, -0.2) is 52.5 Å². The molecule has 0 bridgehead atoms. The van der Waals surface area contributed by atoms with Gasteiger partial charge in [-0.25, -0.2) is 14.2 Å². The largest absolute Gasteiger partial charge is 0.444 e. The number of halogens is 1. The van der Waals surface area contributed by atoms with Gasteiger partial charge in [-0.3, -0.25) is 5.14 Å². The summed E-state index contributed by atoms with van der Waals surface area (Å²) in [5.41, 5.74) is 6.88. The molecule has 1 unspecified atom stereocenters. The Morgan fingerprint density at radius 2 is 2.12 bits per heavy atom. The maximum Gasteiger partial charge on any atom is 0.407 e. The van der Waals surface area contributed by atoms with E-state index in [1.807, 2.05) is 31.3 Å². The first-order valence-corrected chi connectivity index (χ1v) is 15.1. The van der Waals surface area contributed by atoms with Crippen molar-refractivity contribution >= 4 is 68.1 Å². The maximum atomic E-state index is 11.6. The molecule has 0 spiro atoms. The third-order valence-corrected chi connectivity index (χ3v) is 6.59. The van der Waals surface area contributed by atoms with E-state index in [9.17, 15) is 4.79 Å². The number of rotatable bonds is 12. The molecule has 6 N–H and O–H groups in total. The van der Waals surface area contributed by atoms with Gasteiger partial charge in [0.15, 0.2) is 0 Å². The summed E-state index contributed by atoms with van der Waals surface area (Å²) < 4.78 is 12.8. The van der Waals surface area contributed by atoms with E-state index in [0.717, 1.165) is 41.5 Å². The van der Waals surface area contributed by atoms with Crippen LogP contribution < -0.4 is 21.5 Å². The van der Waals surface area contributed by atoms with Crippen LogP contribution in [0.15, 0.2) is 18.5 Å². The van der Waals surface area contributed by atoms with Crippen LogP contribution in [0.3, 0.4) is 0 Å².